The van der Waals surface area contributed by atoms with Gasteiger partial charge in [-0.2, -0.15) is 13.2 Å². The van der Waals surface area contributed by atoms with E-state index in [0.29, 0.717) is 16.1 Å². The number of amides is 3. The number of carbonyl (C=O) groups is 4. The molecule has 0 spiro atoms. The van der Waals surface area contributed by atoms with E-state index in [1.165, 1.54) is 30.2 Å². The molecule has 2 atom stereocenters. The van der Waals surface area contributed by atoms with Gasteiger partial charge in [0.2, 0.25) is 11.8 Å². The van der Waals surface area contributed by atoms with Crippen molar-refractivity contribution < 1.29 is 32.3 Å². The van der Waals surface area contributed by atoms with Gasteiger partial charge in [0, 0.05) is 32.0 Å². The zero-order chi connectivity index (χ0) is 27.5. The molecule has 1 unspecified atom stereocenters. The van der Waals surface area contributed by atoms with Crippen LogP contribution in [0.25, 0.3) is 5.70 Å². The monoisotopic (exact) mass is 515 g/mol. The zero-order valence-electron chi connectivity index (χ0n) is 20.9. The molecule has 0 bridgehead atoms. The average molecular weight is 516 g/mol. The van der Waals surface area contributed by atoms with Crippen LogP contribution in [0.2, 0.25) is 0 Å². The third-order valence-electron chi connectivity index (χ3n) is 6.00. The molecule has 0 aliphatic carbocycles. The van der Waals surface area contributed by atoms with Crippen molar-refractivity contribution in [1.82, 2.24) is 14.9 Å². The smallest absolute Gasteiger partial charge is 0.304 e. The van der Waals surface area contributed by atoms with Crippen LogP contribution in [0, 0.1) is 5.92 Å². The Morgan fingerprint density at radius 3 is 1.95 bits per heavy atom. The van der Waals surface area contributed by atoms with E-state index >= 15 is 0 Å². The molecule has 0 saturated heterocycles. The first-order valence-electron chi connectivity index (χ1n) is 11.7. The average Bonchev–Trinajstić information content (AvgIpc) is 2.83. The maximum absolute atomic E-state index is 13.9. The van der Waals surface area contributed by atoms with Crippen molar-refractivity contribution >= 4 is 29.2 Å². The summed E-state index contributed by atoms with van der Waals surface area (Å²) in [5.74, 6) is -4.81. The van der Waals surface area contributed by atoms with Gasteiger partial charge in [-0.05, 0) is 11.5 Å². The van der Waals surface area contributed by atoms with Crippen LogP contribution >= 0.6 is 0 Å². The van der Waals surface area contributed by atoms with Crippen LogP contribution in [0.5, 0.6) is 0 Å². The van der Waals surface area contributed by atoms with Crippen molar-refractivity contribution in [2.75, 3.05) is 0 Å². The Morgan fingerprint density at radius 2 is 1.49 bits per heavy atom. The van der Waals surface area contributed by atoms with Gasteiger partial charge in [-0.3, -0.25) is 19.2 Å². The van der Waals surface area contributed by atoms with Gasteiger partial charge < -0.3 is 4.90 Å². The quantitative estimate of drug-likeness (QED) is 0.554. The fourth-order valence-electron chi connectivity index (χ4n) is 4.37. The number of hydrogen-bond acceptors (Lipinski definition) is 4. The first-order chi connectivity index (χ1) is 17.3. The zero-order valence-corrected chi connectivity index (χ0v) is 20.9. The van der Waals surface area contributed by atoms with E-state index in [2.05, 4.69) is 0 Å². The predicted octanol–water partition coefficient (Wildman–Crippen LogP) is 4.21. The molecule has 37 heavy (non-hydrogen) atoms. The van der Waals surface area contributed by atoms with Crippen molar-refractivity contribution in [2.45, 2.75) is 52.4 Å². The molecule has 3 amide bonds. The molecular formula is C27H28F3N3O4. The third kappa shape index (κ3) is 5.90. The van der Waals surface area contributed by atoms with E-state index in [9.17, 15) is 32.3 Å². The minimum absolute atomic E-state index is 0.000867. The molecule has 1 heterocycles. The van der Waals surface area contributed by atoms with Crippen LogP contribution in [0.1, 0.15) is 38.8 Å². The number of halogens is 3. The van der Waals surface area contributed by atoms with Crippen molar-refractivity contribution in [3.8, 4) is 0 Å². The summed E-state index contributed by atoms with van der Waals surface area (Å²) in [7, 11) is 0. The van der Waals surface area contributed by atoms with Crippen LogP contribution in [0.4, 0.5) is 13.2 Å². The summed E-state index contributed by atoms with van der Waals surface area (Å²) in [5.41, 5.74) is 0.742. The molecule has 1 aliphatic heterocycles. The number of rotatable bonds is 7. The van der Waals surface area contributed by atoms with Crippen LogP contribution in [-0.4, -0.2) is 56.7 Å². The SMILES string of the molecule is CC(=O)N1C=C(c2ccccc2)N(N(C(C)=O)C(Cc2ccccc2)C(=O)C(F)(F)F)C(=O)[C@@H]1C(C)C. The summed E-state index contributed by atoms with van der Waals surface area (Å²) >= 11 is 0. The summed E-state index contributed by atoms with van der Waals surface area (Å²) in [6.45, 7) is 5.63. The molecule has 0 saturated carbocycles. The molecule has 1 aliphatic rings. The normalized spacial score (nSPS) is 16.9. The molecule has 2 aromatic rings. The van der Waals surface area contributed by atoms with Gasteiger partial charge in [-0.1, -0.05) is 74.5 Å². The van der Waals surface area contributed by atoms with E-state index in [1.54, 1.807) is 62.4 Å². The summed E-state index contributed by atoms with van der Waals surface area (Å²) in [6, 6.07) is 13.0. The first kappa shape index (κ1) is 27.6. The molecule has 3 rings (SSSR count). The number of benzene rings is 2. The number of ketones is 1. The van der Waals surface area contributed by atoms with Crippen molar-refractivity contribution in [2.24, 2.45) is 5.92 Å². The van der Waals surface area contributed by atoms with Gasteiger partial charge in [0.25, 0.3) is 11.7 Å². The Kier molecular flexibility index (Phi) is 8.20. The molecule has 2 aromatic carbocycles. The van der Waals surface area contributed by atoms with Crippen LogP contribution < -0.4 is 0 Å². The van der Waals surface area contributed by atoms with E-state index in [-0.39, 0.29) is 5.70 Å². The van der Waals surface area contributed by atoms with E-state index < -0.39 is 54.1 Å². The maximum atomic E-state index is 13.9. The summed E-state index contributed by atoms with van der Waals surface area (Å²) in [6.07, 6.45) is -4.41. The molecule has 0 radical (unpaired) electrons. The second kappa shape index (κ2) is 11.0. The Bertz CT molecular complexity index is 1200. The van der Waals surface area contributed by atoms with Crippen molar-refractivity contribution in [1.29, 1.82) is 0 Å². The van der Waals surface area contributed by atoms with Gasteiger partial charge in [-0.25, -0.2) is 10.0 Å². The largest absolute Gasteiger partial charge is 0.452 e. The Labute approximate surface area is 213 Å². The third-order valence-corrected chi connectivity index (χ3v) is 6.00. The molecule has 0 N–H and O–H groups in total. The molecule has 0 aromatic heterocycles. The number of nitrogens with zero attached hydrogens (tertiary/aromatic N) is 3. The summed E-state index contributed by atoms with van der Waals surface area (Å²) in [4.78, 5) is 53.4. The lowest BCUT2D eigenvalue weighted by Crippen LogP contribution is -2.64. The standard InChI is InChI=1S/C27H28F3N3O4/c1-17(2)24-26(37)33(23(16-31(24)18(3)34)21-13-9-6-10-14-21)32(19(4)35)22(25(36)27(28,29)30)15-20-11-7-5-8-12-20/h5-14,16-17,22,24H,15H2,1-4H3/t22?,24-/m0/s1. The highest BCUT2D eigenvalue weighted by molar-refractivity contribution is 6.00. The second-order valence-corrected chi connectivity index (χ2v) is 9.08. The lowest BCUT2D eigenvalue weighted by atomic mass is 9.97. The lowest BCUT2D eigenvalue weighted by molar-refractivity contribution is -0.187. The van der Waals surface area contributed by atoms with Gasteiger partial charge in [0.15, 0.2) is 0 Å². The van der Waals surface area contributed by atoms with Gasteiger partial charge >= 0.3 is 6.18 Å². The van der Waals surface area contributed by atoms with Gasteiger partial charge in [0.05, 0.1) is 5.70 Å². The Morgan fingerprint density at radius 1 is 0.946 bits per heavy atom. The molecule has 0 fully saturated rings. The second-order valence-electron chi connectivity index (χ2n) is 9.08. The van der Waals surface area contributed by atoms with E-state index in [4.69, 9.17) is 0 Å². The first-order valence-corrected chi connectivity index (χ1v) is 11.7. The summed E-state index contributed by atoms with van der Waals surface area (Å²) in [5, 5.41) is 1.41. The van der Waals surface area contributed by atoms with Crippen LogP contribution in [-0.2, 0) is 25.6 Å². The van der Waals surface area contributed by atoms with E-state index in [0.717, 1.165) is 11.9 Å². The topological polar surface area (TPSA) is 78.0 Å². The number of alkyl halides is 3. The fraction of sp³-hybridized carbons (Fsp3) is 0.333. The molecule has 196 valence electrons. The minimum atomic E-state index is -5.27. The number of hydrogen-bond donors (Lipinski definition) is 0. The highest BCUT2D eigenvalue weighted by atomic mass is 19.4. The van der Waals surface area contributed by atoms with Crippen molar-refractivity contribution in [3.05, 3.63) is 78.0 Å². The van der Waals surface area contributed by atoms with Gasteiger partial charge in [-0.15, -0.1) is 0 Å². The highest BCUT2D eigenvalue weighted by Crippen LogP contribution is 2.34. The predicted molar refractivity (Wildman–Crippen MR) is 130 cm³/mol. The van der Waals surface area contributed by atoms with Gasteiger partial charge in [0.1, 0.15) is 12.1 Å². The maximum Gasteiger partial charge on any atom is 0.452 e. The number of Topliss-reactive ketones (excluding diaryl/α,β-unsaturated/α-hetero) is 1. The Hall–Kier alpha value is -3.95. The number of hydrazine groups is 1. The Balaban J connectivity index is 2.27. The van der Waals surface area contributed by atoms with E-state index in [1.807, 2.05) is 0 Å². The summed E-state index contributed by atoms with van der Waals surface area (Å²) < 4.78 is 41.5. The molecule has 10 heteroatoms. The lowest BCUT2D eigenvalue weighted by Gasteiger charge is -2.46. The molecular weight excluding hydrogens is 487 g/mol. The van der Waals surface area contributed by atoms with Crippen LogP contribution in [0.3, 0.4) is 0 Å². The minimum Gasteiger partial charge on any atom is -0.304 e. The highest BCUT2D eigenvalue weighted by Gasteiger charge is 2.51. The fourth-order valence-corrected chi connectivity index (χ4v) is 4.37. The molecule has 7 nitrogen and oxygen atoms in total. The van der Waals surface area contributed by atoms with Crippen LogP contribution in [0.15, 0.2) is 66.9 Å². The number of carbonyl (C=O) groups excluding carboxylic acids is 4. The van der Waals surface area contributed by atoms with Crippen molar-refractivity contribution in [3.63, 3.8) is 0 Å².